The van der Waals surface area contributed by atoms with Gasteiger partial charge in [-0.25, -0.2) is 4.79 Å². The highest BCUT2D eigenvalue weighted by atomic mass is 16.2. The van der Waals surface area contributed by atoms with E-state index in [-0.39, 0.29) is 17.9 Å². The number of urea groups is 1. The predicted molar refractivity (Wildman–Crippen MR) is 118 cm³/mol. The van der Waals surface area contributed by atoms with Gasteiger partial charge in [-0.3, -0.25) is 4.79 Å². The molecule has 0 fully saturated rings. The van der Waals surface area contributed by atoms with Crippen LogP contribution in [0.15, 0.2) is 42.0 Å². The van der Waals surface area contributed by atoms with E-state index in [1.54, 1.807) is 0 Å². The van der Waals surface area contributed by atoms with Crippen LogP contribution in [0.1, 0.15) is 46.1 Å². The normalized spacial score (nSPS) is 21.4. The van der Waals surface area contributed by atoms with Gasteiger partial charge in [-0.15, -0.1) is 0 Å². The van der Waals surface area contributed by atoms with Gasteiger partial charge >= 0.3 is 6.03 Å². The van der Waals surface area contributed by atoms with Crippen LogP contribution in [0.2, 0.25) is 0 Å². The molecule has 0 aliphatic heterocycles. The molecule has 3 amide bonds. The molecular formula is C24H37N3O2. The summed E-state index contributed by atoms with van der Waals surface area (Å²) in [4.78, 5) is 26.5. The second-order valence-electron chi connectivity index (χ2n) is 8.59. The fraction of sp³-hybridized carbons (Fsp3) is 0.583. The van der Waals surface area contributed by atoms with E-state index in [1.807, 2.05) is 37.1 Å². The highest BCUT2D eigenvalue weighted by Crippen LogP contribution is 2.39. The Labute approximate surface area is 175 Å². The van der Waals surface area contributed by atoms with Crippen molar-refractivity contribution < 1.29 is 9.59 Å². The fourth-order valence-corrected chi connectivity index (χ4v) is 4.25. The Kier molecular flexibility index (Phi) is 8.74. The highest BCUT2D eigenvalue weighted by molar-refractivity contribution is 5.76. The minimum absolute atomic E-state index is 0.110. The van der Waals surface area contributed by atoms with E-state index in [4.69, 9.17) is 0 Å². The fourth-order valence-electron chi connectivity index (χ4n) is 4.25. The van der Waals surface area contributed by atoms with E-state index in [9.17, 15) is 9.59 Å². The molecule has 1 aromatic carbocycles. The zero-order chi connectivity index (χ0) is 21.4. The van der Waals surface area contributed by atoms with Gasteiger partial charge in [0, 0.05) is 33.1 Å². The molecule has 0 aromatic heterocycles. The number of carbonyl (C=O) groups excluding carboxylic acids is 2. The molecule has 0 bridgehead atoms. The average Bonchev–Trinajstić information content (AvgIpc) is 2.68. The van der Waals surface area contributed by atoms with E-state index in [0.717, 1.165) is 12.0 Å². The van der Waals surface area contributed by atoms with Crippen molar-refractivity contribution in [2.75, 3.05) is 20.1 Å². The third kappa shape index (κ3) is 6.91. The van der Waals surface area contributed by atoms with E-state index < -0.39 is 0 Å². The third-order valence-corrected chi connectivity index (χ3v) is 6.03. The molecular weight excluding hydrogens is 362 g/mol. The second kappa shape index (κ2) is 11.0. The van der Waals surface area contributed by atoms with Crippen LogP contribution >= 0.6 is 0 Å². The van der Waals surface area contributed by atoms with Crippen LogP contribution < -0.4 is 10.6 Å². The Morgan fingerprint density at radius 3 is 2.48 bits per heavy atom. The molecule has 1 aliphatic rings. The Hall–Kier alpha value is -2.30. The minimum Gasteiger partial charge on any atom is -0.341 e. The van der Waals surface area contributed by atoms with Crippen LogP contribution in [0.4, 0.5) is 4.79 Å². The maximum Gasteiger partial charge on any atom is 0.314 e. The number of rotatable bonds is 8. The van der Waals surface area contributed by atoms with Gasteiger partial charge in [0.15, 0.2) is 0 Å². The topological polar surface area (TPSA) is 61.4 Å². The lowest BCUT2D eigenvalue weighted by Crippen LogP contribution is -2.41. The summed E-state index contributed by atoms with van der Waals surface area (Å²) in [5.41, 5.74) is 2.42. The Morgan fingerprint density at radius 2 is 1.86 bits per heavy atom. The predicted octanol–water partition coefficient (Wildman–Crippen LogP) is 4.21. The molecule has 3 unspecified atom stereocenters. The molecule has 2 N–H and O–H groups in total. The molecule has 29 heavy (non-hydrogen) atoms. The molecule has 0 saturated heterocycles. The van der Waals surface area contributed by atoms with Crippen molar-refractivity contribution in [3.63, 3.8) is 0 Å². The van der Waals surface area contributed by atoms with E-state index in [1.165, 1.54) is 5.57 Å². The minimum atomic E-state index is -0.110. The third-order valence-electron chi connectivity index (χ3n) is 6.03. The molecule has 0 spiro atoms. The number of nitrogens with zero attached hydrogens (tertiary/aromatic N) is 1. The number of hydrogen-bond acceptors (Lipinski definition) is 2. The first kappa shape index (κ1) is 23.0. The zero-order valence-electron chi connectivity index (χ0n) is 18.6. The first-order valence-electron chi connectivity index (χ1n) is 10.8. The van der Waals surface area contributed by atoms with Crippen LogP contribution in [0.25, 0.3) is 0 Å². The van der Waals surface area contributed by atoms with Gasteiger partial charge in [0.25, 0.3) is 0 Å². The van der Waals surface area contributed by atoms with Crippen molar-refractivity contribution in [2.24, 2.45) is 23.7 Å². The lowest BCUT2D eigenvalue weighted by atomic mass is 9.69. The second-order valence-corrected chi connectivity index (χ2v) is 8.59. The van der Waals surface area contributed by atoms with Gasteiger partial charge < -0.3 is 15.5 Å². The van der Waals surface area contributed by atoms with E-state index in [0.29, 0.717) is 43.8 Å². The number of carbonyl (C=O) groups is 2. The smallest absolute Gasteiger partial charge is 0.314 e. The first-order valence-corrected chi connectivity index (χ1v) is 10.8. The van der Waals surface area contributed by atoms with E-state index >= 15 is 0 Å². The van der Waals surface area contributed by atoms with Crippen molar-refractivity contribution in [3.8, 4) is 0 Å². The Bertz CT molecular complexity index is 699. The molecule has 2 rings (SSSR count). The standard InChI is InChI=1S/C24H37N3O2/c1-6-25-24(29)26-15-21-12-18(4)20(13-22(21)17(2)3)14-23(28)27(5)16-19-10-8-7-9-11-19/h7-12,17,20-22H,6,13-16H2,1-5H3,(H2,25,26,29). The quantitative estimate of drug-likeness (QED) is 0.643. The molecule has 1 aliphatic carbocycles. The van der Waals surface area contributed by atoms with Gasteiger partial charge in [0.05, 0.1) is 0 Å². The van der Waals surface area contributed by atoms with E-state index in [2.05, 4.69) is 49.6 Å². The largest absolute Gasteiger partial charge is 0.341 e. The molecule has 5 nitrogen and oxygen atoms in total. The number of hydrogen-bond donors (Lipinski definition) is 2. The van der Waals surface area contributed by atoms with Crippen molar-refractivity contribution in [3.05, 3.63) is 47.5 Å². The summed E-state index contributed by atoms with van der Waals surface area (Å²) in [5.74, 6) is 1.73. The summed E-state index contributed by atoms with van der Waals surface area (Å²) in [5, 5.41) is 5.78. The summed E-state index contributed by atoms with van der Waals surface area (Å²) in [6.45, 7) is 10.4. The monoisotopic (exact) mass is 399 g/mol. The zero-order valence-corrected chi connectivity index (χ0v) is 18.6. The number of benzene rings is 1. The molecule has 0 heterocycles. The van der Waals surface area contributed by atoms with Gasteiger partial charge in [0.2, 0.25) is 5.91 Å². The van der Waals surface area contributed by atoms with Crippen LogP contribution in [0.5, 0.6) is 0 Å². The lowest BCUT2D eigenvalue weighted by molar-refractivity contribution is -0.131. The van der Waals surface area contributed by atoms with Gasteiger partial charge in [0.1, 0.15) is 0 Å². The molecule has 0 radical (unpaired) electrons. The molecule has 1 aromatic rings. The number of allylic oxidation sites excluding steroid dienone is 1. The molecule has 3 atom stereocenters. The van der Waals surface area contributed by atoms with Gasteiger partial charge in [-0.2, -0.15) is 0 Å². The van der Waals surface area contributed by atoms with Crippen molar-refractivity contribution >= 4 is 11.9 Å². The van der Waals surface area contributed by atoms with Crippen LogP contribution in [0, 0.1) is 23.7 Å². The number of amides is 3. The summed E-state index contributed by atoms with van der Waals surface area (Å²) >= 11 is 0. The molecule has 160 valence electrons. The summed E-state index contributed by atoms with van der Waals surface area (Å²) in [7, 11) is 1.89. The van der Waals surface area contributed by atoms with Crippen LogP contribution in [-0.2, 0) is 11.3 Å². The summed E-state index contributed by atoms with van der Waals surface area (Å²) in [6.07, 6.45) is 3.83. The number of nitrogens with one attached hydrogen (secondary N) is 2. The van der Waals surface area contributed by atoms with Gasteiger partial charge in [-0.1, -0.05) is 55.8 Å². The summed E-state index contributed by atoms with van der Waals surface area (Å²) in [6, 6.07) is 9.99. The first-order chi connectivity index (χ1) is 13.8. The van der Waals surface area contributed by atoms with Crippen LogP contribution in [0.3, 0.4) is 0 Å². The van der Waals surface area contributed by atoms with Crippen molar-refractivity contribution in [2.45, 2.75) is 47.1 Å². The molecule has 0 saturated carbocycles. The van der Waals surface area contributed by atoms with Gasteiger partial charge in [-0.05, 0) is 49.5 Å². The van der Waals surface area contributed by atoms with Crippen molar-refractivity contribution in [1.82, 2.24) is 15.5 Å². The molecule has 5 heteroatoms. The maximum atomic E-state index is 12.8. The van der Waals surface area contributed by atoms with Crippen molar-refractivity contribution in [1.29, 1.82) is 0 Å². The Morgan fingerprint density at radius 1 is 1.17 bits per heavy atom. The SMILES string of the molecule is CCNC(=O)NCC1C=C(C)C(CC(=O)N(C)Cc2ccccc2)CC1C(C)C. The summed E-state index contributed by atoms with van der Waals surface area (Å²) < 4.78 is 0. The van der Waals surface area contributed by atoms with Crippen LogP contribution in [-0.4, -0.2) is 37.0 Å². The lowest BCUT2D eigenvalue weighted by Gasteiger charge is -2.37. The highest BCUT2D eigenvalue weighted by Gasteiger charge is 2.33. The maximum absolute atomic E-state index is 12.8. The Balaban J connectivity index is 1.99. The average molecular weight is 400 g/mol.